The van der Waals surface area contributed by atoms with Gasteiger partial charge in [-0.15, -0.1) is 0 Å². The van der Waals surface area contributed by atoms with E-state index in [-0.39, 0.29) is 22.0 Å². The molecule has 2 aromatic carbocycles. The highest BCUT2D eigenvalue weighted by Gasteiger charge is 2.33. The molecular formula is C24H21F2N3O2S. The van der Waals surface area contributed by atoms with E-state index in [0.717, 1.165) is 32.1 Å². The molecule has 0 bridgehead atoms. The lowest BCUT2D eigenvalue weighted by Gasteiger charge is -2.22. The Kier molecular flexibility index (Phi) is 5.25. The Morgan fingerprint density at radius 3 is 2.12 bits per heavy atom. The van der Waals surface area contributed by atoms with Crippen LogP contribution in [-0.2, 0) is 9.84 Å². The van der Waals surface area contributed by atoms with Gasteiger partial charge in [0.15, 0.2) is 11.5 Å². The topological polar surface area (TPSA) is 64.8 Å². The summed E-state index contributed by atoms with van der Waals surface area (Å²) in [5, 5.41) is 0. The van der Waals surface area contributed by atoms with Crippen LogP contribution >= 0.6 is 0 Å². The fourth-order valence-corrected chi connectivity index (χ4v) is 5.92. The minimum absolute atomic E-state index is 0.00480. The lowest BCUT2D eigenvalue weighted by Crippen LogP contribution is -2.11. The van der Waals surface area contributed by atoms with Crippen LogP contribution in [0.25, 0.3) is 16.9 Å². The Balaban J connectivity index is 1.85. The quantitative estimate of drug-likeness (QED) is 0.379. The predicted octanol–water partition coefficient (Wildman–Crippen LogP) is 5.58. The molecule has 5 nitrogen and oxygen atoms in total. The molecule has 0 radical (unpaired) electrons. The molecule has 2 aromatic heterocycles. The number of fused-ring (bicyclic) bond motifs is 1. The molecule has 1 saturated carbocycles. The van der Waals surface area contributed by atoms with Crippen LogP contribution in [0, 0.1) is 11.8 Å². The highest BCUT2D eigenvalue weighted by molar-refractivity contribution is 7.91. The first-order valence-corrected chi connectivity index (χ1v) is 12.1. The van der Waals surface area contributed by atoms with E-state index in [1.807, 2.05) is 30.3 Å². The van der Waals surface area contributed by atoms with Crippen LogP contribution in [0.2, 0.25) is 0 Å². The van der Waals surface area contributed by atoms with Crippen molar-refractivity contribution in [3.8, 4) is 5.69 Å². The van der Waals surface area contributed by atoms with Crippen molar-refractivity contribution in [2.45, 2.75) is 47.8 Å². The average Bonchev–Trinajstić information content (AvgIpc) is 3.19. The van der Waals surface area contributed by atoms with Crippen molar-refractivity contribution in [2.24, 2.45) is 0 Å². The zero-order chi connectivity index (χ0) is 22.3. The number of halogens is 2. The molecule has 8 heteroatoms. The number of imidazole rings is 1. The highest BCUT2D eigenvalue weighted by atomic mass is 32.2. The van der Waals surface area contributed by atoms with E-state index in [0.29, 0.717) is 11.5 Å². The Morgan fingerprint density at radius 2 is 1.47 bits per heavy atom. The minimum atomic E-state index is -4.37. The van der Waals surface area contributed by atoms with Gasteiger partial charge in [0.2, 0.25) is 9.84 Å². The number of hydrogen-bond acceptors (Lipinski definition) is 4. The minimum Gasteiger partial charge on any atom is -0.280 e. The average molecular weight is 454 g/mol. The van der Waals surface area contributed by atoms with Gasteiger partial charge in [0.05, 0.1) is 4.90 Å². The highest BCUT2D eigenvalue weighted by Crippen LogP contribution is 2.38. The van der Waals surface area contributed by atoms with E-state index in [2.05, 4.69) is 9.97 Å². The van der Waals surface area contributed by atoms with Crippen molar-refractivity contribution >= 4 is 21.0 Å². The number of pyridine rings is 1. The van der Waals surface area contributed by atoms with Gasteiger partial charge in [0.25, 0.3) is 5.95 Å². The van der Waals surface area contributed by atoms with Gasteiger partial charge in [-0.1, -0.05) is 55.7 Å². The summed E-state index contributed by atoms with van der Waals surface area (Å²) in [6.07, 6.45) is 4.92. The second-order valence-electron chi connectivity index (χ2n) is 8.01. The zero-order valence-electron chi connectivity index (χ0n) is 17.2. The number of benzene rings is 2. The number of nitrogens with zero attached hydrogens (tertiary/aromatic N) is 3. The van der Waals surface area contributed by atoms with Gasteiger partial charge in [0.1, 0.15) is 16.2 Å². The van der Waals surface area contributed by atoms with Crippen LogP contribution in [0.1, 0.15) is 43.8 Å². The van der Waals surface area contributed by atoms with Crippen molar-refractivity contribution in [2.75, 3.05) is 0 Å². The van der Waals surface area contributed by atoms with Crippen molar-refractivity contribution < 1.29 is 17.2 Å². The van der Waals surface area contributed by atoms with Gasteiger partial charge < -0.3 is 0 Å². The molecule has 2 heterocycles. The molecule has 0 aliphatic heterocycles. The molecular weight excluding hydrogens is 432 g/mol. The molecule has 0 spiro atoms. The van der Waals surface area contributed by atoms with Gasteiger partial charge in [0, 0.05) is 11.6 Å². The molecule has 4 aromatic rings. The Labute approximate surface area is 184 Å². The molecule has 0 saturated heterocycles. The lowest BCUT2D eigenvalue weighted by atomic mass is 9.88. The van der Waals surface area contributed by atoms with E-state index in [4.69, 9.17) is 0 Å². The third-order valence-electron chi connectivity index (χ3n) is 5.99. The molecule has 164 valence electrons. The zero-order valence-corrected chi connectivity index (χ0v) is 18.0. The number of para-hydroxylation sites is 1. The number of aromatic nitrogens is 3. The maximum Gasteiger partial charge on any atom is 0.252 e. The van der Waals surface area contributed by atoms with Gasteiger partial charge >= 0.3 is 0 Å². The lowest BCUT2D eigenvalue weighted by molar-refractivity contribution is 0.426. The first-order valence-electron chi connectivity index (χ1n) is 10.6. The predicted molar refractivity (Wildman–Crippen MR) is 117 cm³/mol. The van der Waals surface area contributed by atoms with Crippen LogP contribution in [0.5, 0.6) is 0 Å². The van der Waals surface area contributed by atoms with Gasteiger partial charge in [-0.25, -0.2) is 17.8 Å². The maximum atomic E-state index is 15.0. The molecule has 32 heavy (non-hydrogen) atoms. The number of rotatable bonds is 4. The maximum absolute atomic E-state index is 15.0. The molecule has 0 N–H and O–H groups in total. The van der Waals surface area contributed by atoms with E-state index < -0.39 is 26.5 Å². The summed E-state index contributed by atoms with van der Waals surface area (Å²) >= 11 is 0. The second kappa shape index (κ2) is 8.09. The van der Waals surface area contributed by atoms with E-state index >= 15 is 4.39 Å². The molecule has 1 aliphatic carbocycles. The first-order chi connectivity index (χ1) is 15.5. The molecule has 1 aliphatic rings. The van der Waals surface area contributed by atoms with Crippen LogP contribution in [0.3, 0.4) is 0 Å². The summed E-state index contributed by atoms with van der Waals surface area (Å²) in [6.45, 7) is 0. The van der Waals surface area contributed by atoms with Crippen LogP contribution in [0.15, 0.2) is 70.5 Å². The van der Waals surface area contributed by atoms with Crippen LogP contribution < -0.4 is 0 Å². The molecule has 1 fully saturated rings. The monoisotopic (exact) mass is 453 g/mol. The summed E-state index contributed by atoms with van der Waals surface area (Å²) in [7, 11) is -4.37. The van der Waals surface area contributed by atoms with E-state index in [1.54, 1.807) is 10.6 Å². The normalized spacial score (nSPS) is 15.3. The van der Waals surface area contributed by atoms with Crippen LogP contribution in [-0.4, -0.2) is 23.0 Å². The summed E-state index contributed by atoms with van der Waals surface area (Å²) in [6, 6.07) is 16.6. The Bertz CT molecular complexity index is 1380. The smallest absolute Gasteiger partial charge is 0.252 e. The van der Waals surface area contributed by atoms with Crippen molar-refractivity contribution in [1.82, 2.24) is 14.5 Å². The van der Waals surface area contributed by atoms with E-state index in [1.165, 1.54) is 24.3 Å². The molecule has 0 amide bonds. The van der Waals surface area contributed by atoms with Gasteiger partial charge in [-0.2, -0.15) is 9.37 Å². The number of hydrogen-bond donors (Lipinski definition) is 0. The number of sulfone groups is 1. The third-order valence-corrected chi connectivity index (χ3v) is 7.79. The SMILES string of the molecule is O=S(=O)(c1ccccc1)c1c(F)c(F)nc2c1nc(C1CCCCC1)n2-c1ccccc1. The summed E-state index contributed by atoms with van der Waals surface area (Å²) in [4.78, 5) is 7.56. The summed E-state index contributed by atoms with van der Waals surface area (Å²) in [5.74, 6) is -2.32. The van der Waals surface area contributed by atoms with E-state index in [9.17, 15) is 12.8 Å². The molecule has 5 rings (SSSR count). The van der Waals surface area contributed by atoms with Crippen molar-refractivity contribution in [3.63, 3.8) is 0 Å². The Hall–Kier alpha value is -3.13. The third kappa shape index (κ3) is 3.39. The largest absolute Gasteiger partial charge is 0.280 e. The summed E-state index contributed by atoms with van der Waals surface area (Å²) < 4.78 is 58.2. The molecule has 0 unspecified atom stereocenters. The van der Waals surface area contributed by atoms with Crippen molar-refractivity contribution in [1.29, 1.82) is 0 Å². The molecule has 0 atom stereocenters. The van der Waals surface area contributed by atoms with Gasteiger partial charge in [-0.05, 0) is 37.1 Å². The Morgan fingerprint density at radius 1 is 0.844 bits per heavy atom. The summed E-state index contributed by atoms with van der Waals surface area (Å²) in [5.41, 5.74) is 0.541. The fourth-order valence-electron chi connectivity index (χ4n) is 4.45. The second-order valence-corrected chi connectivity index (χ2v) is 9.90. The van der Waals surface area contributed by atoms with Crippen LogP contribution in [0.4, 0.5) is 8.78 Å². The van der Waals surface area contributed by atoms with Gasteiger partial charge in [-0.3, -0.25) is 4.57 Å². The fraction of sp³-hybridized carbons (Fsp3) is 0.250. The standard InChI is InChI=1S/C24H21F2N3O2S/c25-19-21(32(30,31)18-14-8-3-9-15-18)20-24(28-22(19)26)29(17-12-6-2-7-13-17)23(27-20)16-10-4-1-5-11-16/h2-3,6-9,12-16H,1,4-5,10-11H2. The first kappa shape index (κ1) is 20.8. The van der Waals surface area contributed by atoms with Crippen molar-refractivity contribution in [3.05, 3.63) is 78.3 Å².